The molecule has 0 bridgehead atoms. The van der Waals surface area contributed by atoms with Crippen LogP contribution in [0.1, 0.15) is 22.7 Å². The van der Waals surface area contributed by atoms with Crippen LogP contribution < -0.4 is 0 Å². The molecular formula is C18H14F4N2O. The Balaban J connectivity index is 2.11. The number of likely N-dealkylation sites (N-methyl/N-ethyl adjacent to an activating group) is 1. The lowest BCUT2D eigenvalue weighted by atomic mass is 9.99. The predicted molar refractivity (Wildman–Crippen MR) is 85.6 cm³/mol. The molecule has 1 atom stereocenters. The molecule has 25 heavy (non-hydrogen) atoms. The van der Waals surface area contributed by atoms with E-state index < -0.39 is 23.6 Å². The summed E-state index contributed by atoms with van der Waals surface area (Å²) in [7, 11) is 1.52. The maximum Gasteiger partial charge on any atom is 0.416 e. The number of hydrogen-bond donors (Lipinski definition) is 2. The SMILES string of the molecule is CN1C(=N)C(c2cccc(C(F)(F)F)c2)=C(O)C1c1cccc(F)c1. The standard InChI is InChI=1S/C18H14F4N2O/c1-24-15(11-5-3-7-13(19)9-11)16(25)14(17(24)23)10-4-2-6-12(8-10)18(20,21)22/h2-9,15,23,25H,1H3. The van der Waals surface area contributed by atoms with E-state index in [0.717, 1.165) is 12.1 Å². The number of hydrogen-bond acceptors (Lipinski definition) is 2. The molecule has 1 unspecified atom stereocenters. The molecular weight excluding hydrogens is 336 g/mol. The zero-order valence-electron chi connectivity index (χ0n) is 13.1. The summed E-state index contributed by atoms with van der Waals surface area (Å²) >= 11 is 0. The van der Waals surface area contributed by atoms with E-state index >= 15 is 0 Å². The number of rotatable bonds is 2. The van der Waals surface area contributed by atoms with Crippen LogP contribution in [-0.4, -0.2) is 22.9 Å². The second-order valence-corrected chi connectivity index (χ2v) is 5.76. The van der Waals surface area contributed by atoms with Crippen LogP contribution in [0.3, 0.4) is 0 Å². The van der Waals surface area contributed by atoms with Gasteiger partial charge >= 0.3 is 6.18 Å². The average Bonchev–Trinajstić information content (AvgIpc) is 2.76. The van der Waals surface area contributed by atoms with Gasteiger partial charge in [0.25, 0.3) is 0 Å². The van der Waals surface area contributed by atoms with Gasteiger partial charge in [-0.05, 0) is 35.4 Å². The summed E-state index contributed by atoms with van der Waals surface area (Å²) in [5.74, 6) is -0.916. The third-order valence-electron chi connectivity index (χ3n) is 4.13. The quantitative estimate of drug-likeness (QED) is 0.766. The lowest BCUT2D eigenvalue weighted by molar-refractivity contribution is -0.137. The van der Waals surface area contributed by atoms with Crippen LogP contribution in [0.2, 0.25) is 0 Å². The van der Waals surface area contributed by atoms with Crippen LogP contribution in [0, 0.1) is 11.2 Å². The first-order valence-electron chi connectivity index (χ1n) is 7.38. The Labute approximate surface area is 141 Å². The molecule has 3 rings (SSSR count). The van der Waals surface area contributed by atoms with Gasteiger partial charge in [-0.3, -0.25) is 5.41 Å². The highest BCUT2D eigenvalue weighted by Crippen LogP contribution is 2.41. The van der Waals surface area contributed by atoms with E-state index in [1.807, 2.05) is 0 Å². The summed E-state index contributed by atoms with van der Waals surface area (Å²) in [6, 6.07) is 9.14. The van der Waals surface area contributed by atoms with Crippen molar-refractivity contribution >= 4 is 11.4 Å². The molecule has 3 nitrogen and oxygen atoms in total. The minimum atomic E-state index is -4.53. The van der Waals surface area contributed by atoms with Crippen molar-refractivity contribution in [1.29, 1.82) is 5.41 Å². The summed E-state index contributed by atoms with van der Waals surface area (Å²) in [6.07, 6.45) is -4.53. The Morgan fingerprint density at radius 2 is 1.76 bits per heavy atom. The molecule has 0 saturated carbocycles. The minimum absolute atomic E-state index is 0.00265. The fourth-order valence-electron chi connectivity index (χ4n) is 2.94. The number of aliphatic hydroxyl groups is 1. The van der Waals surface area contributed by atoms with Crippen molar-refractivity contribution in [3.63, 3.8) is 0 Å². The molecule has 0 saturated heterocycles. The van der Waals surface area contributed by atoms with Gasteiger partial charge in [0.15, 0.2) is 0 Å². The first-order valence-corrected chi connectivity index (χ1v) is 7.38. The molecule has 0 spiro atoms. The maximum absolute atomic E-state index is 13.5. The highest BCUT2D eigenvalue weighted by atomic mass is 19.4. The van der Waals surface area contributed by atoms with Gasteiger partial charge in [-0.15, -0.1) is 0 Å². The Hall–Kier alpha value is -2.83. The van der Waals surface area contributed by atoms with Crippen LogP contribution in [0.25, 0.3) is 5.57 Å². The molecule has 1 heterocycles. The zero-order chi connectivity index (χ0) is 18.4. The molecule has 2 N–H and O–H groups in total. The summed E-state index contributed by atoms with van der Waals surface area (Å²) in [4.78, 5) is 1.39. The van der Waals surface area contributed by atoms with Gasteiger partial charge in [-0.2, -0.15) is 13.2 Å². The average molecular weight is 350 g/mol. The molecule has 2 aromatic rings. The number of alkyl halides is 3. The molecule has 0 aliphatic carbocycles. The summed E-state index contributed by atoms with van der Waals surface area (Å²) in [5, 5.41) is 18.7. The molecule has 0 radical (unpaired) electrons. The van der Waals surface area contributed by atoms with Gasteiger partial charge in [0.2, 0.25) is 0 Å². The van der Waals surface area contributed by atoms with Crippen molar-refractivity contribution in [3.05, 3.63) is 76.8 Å². The molecule has 1 aliphatic rings. The second kappa shape index (κ2) is 5.91. The van der Waals surface area contributed by atoms with E-state index in [-0.39, 0.29) is 22.7 Å². The molecule has 130 valence electrons. The van der Waals surface area contributed by atoms with Crippen molar-refractivity contribution in [2.75, 3.05) is 7.05 Å². The Morgan fingerprint density at radius 1 is 1.08 bits per heavy atom. The number of nitrogens with zero attached hydrogens (tertiary/aromatic N) is 1. The smallest absolute Gasteiger partial charge is 0.416 e. The van der Waals surface area contributed by atoms with Crippen LogP contribution in [0.4, 0.5) is 17.6 Å². The highest BCUT2D eigenvalue weighted by Gasteiger charge is 2.37. The van der Waals surface area contributed by atoms with E-state index in [1.165, 1.54) is 42.3 Å². The molecule has 0 fully saturated rings. The number of benzene rings is 2. The van der Waals surface area contributed by atoms with Gasteiger partial charge in [0.1, 0.15) is 23.5 Å². The monoisotopic (exact) mass is 350 g/mol. The largest absolute Gasteiger partial charge is 0.509 e. The molecule has 1 aliphatic heterocycles. The van der Waals surface area contributed by atoms with Crippen molar-refractivity contribution in [1.82, 2.24) is 4.90 Å². The Morgan fingerprint density at radius 3 is 2.40 bits per heavy atom. The number of halogens is 4. The number of nitrogens with one attached hydrogen (secondary N) is 1. The fourth-order valence-corrected chi connectivity index (χ4v) is 2.94. The van der Waals surface area contributed by atoms with Gasteiger partial charge in [-0.25, -0.2) is 4.39 Å². The Bertz CT molecular complexity index is 873. The first-order chi connectivity index (χ1) is 11.7. The molecule has 2 aromatic carbocycles. The van der Waals surface area contributed by atoms with E-state index in [0.29, 0.717) is 5.56 Å². The van der Waals surface area contributed by atoms with E-state index in [9.17, 15) is 22.7 Å². The summed E-state index contributed by atoms with van der Waals surface area (Å²) in [6.45, 7) is 0. The summed E-state index contributed by atoms with van der Waals surface area (Å²) < 4.78 is 52.3. The third kappa shape index (κ3) is 2.97. The number of aliphatic hydroxyl groups excluding tert-OH is 1. The highest BCUT2D eigenvalue weighted by molar-refractivity contribution is 6.24. The first kappa shape index (κ1) is 17.0. The van der Waals surface area contributed by atoms with Crippen LogP contribution in [0.15, 0.2) is 54.3 Å². The Kier molecular flexibility index (Phi) is 4.02. The lowest BCUT2D eigenvalue weighted by Crippen LogP contribution is -2.25. The van der Waals surface area contributed by atoms with Crippen LogP contribution in [0.5, 0.6) is 0 Å². The molecule has 7 heteroatoms. The van der Waals surface area contributed by atoms with E-state index in [1.54, 1.807) is 6.07 Å². The fraction of sp³-hybridized carbons (Fsp3) is 0.167. The van der Waals surface area contributed by atoms with Crippen molar-refractivity contribution in [2.24, 2.45) is 0 Å². The van der Waals surface area contributed by atoms with Gasteiger partial charge in [0.05, 0.1) is 11.1 Å². The third-order valence-corrected chi connectivity index (χ3v) is 4.13. The second-order valence-electron chi connectivity index (χ2n) is 5.76. The van der Waals surface area contributed by atoms with Gasteiger partial charge in [-0.1, -0.05) is 24.3 Å². The van der Waals surface area contributed by atoms with E-state index in [4.69, 9.17) is 5.41 Å². The summed E-state index contributed by atoms with van der Waals surface area (Å²) in [5.41, 5.74) is -0.368. The van der Waals surface area contributed by atoms with E-state index in [2.05, 4.69) is 0 Å². The normalized spacial score (nSPS) is 18.2. The minimum Gasteiger partial charge on any atom is -0.509 e. The predicted octanol–water partition coefficient (Wildman–Crippen LogP) is 4.78. The van der Waals surface area contributed by atoms with Crippen molar-refractivity contribution in [2.45, 2.75) is 12.2 Å². The molecule has 0 aromatic heterocycles. The topological polar surface area (TPSA) is 47.3 Å². The van der Waals surface area contributed by atoms with Crippen LogP contribution >= 0.6 is 0 Å². The van der Waals surface area contributed by atoms with Crippen LogP contribution in [-0.2, 0) is 6.18 Å². The molecule has 0 amide bonds. The van der Waals surface area contributed by atoms with Gasteiger partial charge in [0, 0.05) is 7.05 Å². The number of amidine groups is 1. The lowest BCUT2D eigenvalue weighted by Gasteiger charge is -2.22. The maximum atomic E-state index is 13.5. The zero-order valence-corrected chi connectivity index (χ0v) is 13.1. The van der Waals surface area contributed by atoms with Crippen molar-refractivity contribution < 1.29 is 22.7 Å². The van der Waals surface area contributed by atoms with Crippen molar-refractivity contribution in [3.8, 4) is 0 Å². The van der Waals surface area contributed by atoms with Gasteiger partial charge < -0.3 is 10.0 Å².